The highest BCUT2D eigenvalue weighted by Crippen LogP contribution is 2.36. The Labute approximate surface area is 214 Å². The summed E-state index contributed by atoms with van der Waals surface area (Å²) >= 11 is 1.24. The Balaban J connectivity index is 1.83. The van der Waals surface area contributed by atoms with E-state index in [1.54, 1.807) is 67.3 Å². The van der Waals surface area contributed by atoms with Crippen LogP contribution in [0, 0.1) is 0 Å². The molecule has 1 amide bonds. The van der Waals surface area contributed by atoms with Crippen LogP contribution in [0.5, 0.6) is 11.5 Å². The zero-order valence-electron chi connectivity index (χ0n) is 20.6. The first-order chi connectivity index (χ1) is 17.4. The minimum absolute atomic E-state index is 0.176. The van der Waals surface area contributed by atoms with Crippen LogP contribution in [0.1, 0.15) is 36.7 Å². The van der Waals surface area contributed by atoms with E-state index in [1.807, 2.05) is 6.92 Å². The lowest BCUT2D eigenvalue weighted by atomic mass is 10.2. The Morgan fingerprint density at radius 1 is 1.03 bits per heavy atom. The average Bonchev–Trinajstić information content (AvgIpc) is 3.16. The first-order valence-electron chi connectivity index (χ1n) is 11.4. The van der Waals surface area contributed by atoms with E-state index in [2.05, 4.69) is 4.99 Å². The number of aliphatic imine (C=N–C) groups is 1. The molecule has 0 N–H and O–H groups in total. The molecule has 1 fully saturated rings. The van der Waals surface area contributed by atoms with E-state index in [0.29, 0.717) is 44.9 Å². The number of esters is 2. The lowest BCUT2D eigenvalue weighted by molar-refractivity contribution is -0.145. The maximum Gasteiger partial charge on any atom is 0.344 e. The zero-order valence-corrected chi connectivity index (χ0v) is 21.4. The molecule has 1 heterocycles. The predicted octanol–water partition coefficient (Wildman–Crippen LogP) is 4.44. The van der Waals surface area contributed by atoms with Crippen molar-refractivity contribution < 1.29 is 33.3 Å². The third kappa shape index (κ3) is 6.66. The molecular formula is C26H28N2O7S. The van der Waals surface area contributed by atoms with Crippen LogP contribution in [0.15, 0.2) is 52.4 Å². The van der Waals surface area contributed by atoms with Crippen LogP contribution in [0.3, 0.4) is 0 Å². The van der Waals surface area contributed by atoms with Crippen molar-refractivity contribution in [2.24, 2.45) is 4.99 Å². The number of thioether (sulfide) groups is 1. The first kappa shape index (κ1) is 26.8. The molecule has 0 bridgehead atoms. The number of ether oxygens (including phenoxy) is 4. The molecule has 2 aromatic rings. The predicted molar refractivity (Wildman–Crippen MR) is 138 cm³/mol. The normalized spacial score (nSPS) is 15.3. The monoisotopic (exact) mass is 512 g/mol. The SMILES string of the molecule is CCOC(=O)COc1ccc(C=C2SC(=Nc3cccc(C(=O)OCC)c3)N(CC)C2=O)cc1OC. The standard InChI is InChI=1S/C26H28N2O7S/c1-5-28-24(30)22(36-26(28)27-19-10-8-9-18(15-19)25(31)34-7-3)14-17-11-12-20(21(13-17)32-4)35-16-23(29)33-6-2/h8-15H,5-7,16H2,1-4H3. The van der Waals surface area contributed by atoms with Crippen molar-refractivity contribution in [1.82, 2.24) is 4.90 Å². The molecule has 1 aliphatic rings. The van der Waals surface area contributed by atoms with E-state index in [9.17, 15) is 14.4 Å². The van der Waals surface area contributed by atoms with Crippen LogP contribution < -0.4 is 9.47 Å². The van der Waals surface area contributed by atoms with E-state index in [1.165, 1.54) is 18.9 Å². The van der Waals surface area contributed by atoms with E-state index >= 15 is 0 Å². The van der Waals surface area contributed by atoms with Gasteiger partial charge < -0.3 is 18.9 Å². The van der Waals surface area contributed by atoms with Crippen molar-refractivity contribution >= 4 is 46.5 Å². The molecule has 190 valence electrons. The van der Waals surface area contributed by atoms with Gasteiger partial charge in [0.2, 0.25) is 0 Å². The molecule has 1 aliphatic heterocycles. The Bertz CT molecular complexity index is 1190. The molecule has 1 saturated heterocycles. The third-order valence-corrected chi connectivity index (χ3v) is 5.93. The van der Waals surface area contributed by atoms with Gasteiger partial charge in [-0.2, -0.15) is 0 Å². The number of hydrogen-bond acceptors (Lipinski definition) is 9. The van der Waals surface area contributed by atoms with Crippen molar-refractivity contribution in [1.29, 1.82) is 0 Å². The lowest BCUT2D eigenvalue weighted by Gasteiger charge is -2.12. The van der Waals surface area contributed by atoms with E-state index in [-0.39, 0.29) is 25.7 Å². The molecular weight excluding hydrogens is 484 g/mol. The van der Waals surface area contributed by atoms with Gasteiger partial charge in [0.25, 0.3) is 5.91 Å². The number of hydrogen-bond donors (Lipinski definition) is 0. The smallest absolute Gasteiger partial charge is 0.344 e. The van der Waals surface area contributed by atoms with Gasteiger partial charge in [-0.05, 0) is 74.5 Å². The summed E-state index contributed by atoms with van der Waals surface area (Å²) in [7, 11) is 1.49. The number of likely N-dealkylation sites (N-methyl/N-ethyl adjacent to an activating group) is 1. The molecule has 10 heteroatoms. The fraction of sp³-hybridized carbons (Fsp3) is 0.308. The van der Waals surface area contributed by atoms with Gasteiger partial charge in [-0.25, -0.2) is 14.6 Å². The van der Waals surface area contributed by atoms with Gasteiger partial charge in [-0.1, -0.05) is 12.1 Å². The van der Waals surface area contributed by atoms with Crippen LogP contribution in [0.4, 0.5) is 5.69 Å². The highest BCUT2D eigenvalue weighted by Gasteiger charge is 2.32. The molecule has 0 saturated carbocycles. The number of benzene rings is 2. The highest BCUT2D eigenvalue weighted by atomic mass is 32.2. The molecule has 9 nitrogen and oxygen atoms in total. The zero-order chi connectivity index (χ0) is 26.1. The number of rotatable bonds is 10. The van der Waals surface area contributed by atoms with Crippen LogP contribution in [0.25, 0.3) is 6.08 Å². The largest absolute Gasteiger partial charge is 0.493 e. The average molecular weight is 513 g/mol. The maximum atomic E-state index is 13.0. The summed E-state index contributed by atoms with van der Waals surface area (Å²) in [5, 5.41) is 0.510. The Morgan fingerprint density at radius 3 is 2.50 bits per heavy atom. The van der Waals surface area contributed by atoms with Gasteiger partial charge in [0, 0.05) is 6.54 Å². The summed E-state index contributed by atoms with van der Waals surface area (Å²) in [5.41, 5.74) is 1.65. The van der Waals surface area contributed by atoms with Gasteiger partial charge in [-0.15, -0.1) is 0 Å². The Kier molecular flexibility index (Phi) is 9.52. The number of amidine groups is 1. The van der Waals surface area contributed by atoms with Gasteiger partial charge >= 0.3 is 11.9 Å². The number of carbonyl (C=O) groups is 3. The highest BCUT2D eigenvalue weighted by molar-refractivity contribution is 8.18. The Morgan fingerprint density at radius 2 is 1.81 bits per heavy atom. The van der Waals surface area contributed by atoms with Crippen molar-refractivity contribution in [3.8, 4) is 11.5 Å². The number of methoxy groups -OCH3 is 1. The van der Waals surface area contributed by atoms with Gasteiger partial charge in [0.1, 0.15) is 0 Å². The van der Waals surface area contributed by atoms with Crippen LogP contribution in [-0.2, 0) is 19.1 Å². The molecule has 36 heavy (non-hydrogen) atoms. The van der Waals surface area contributed by atoms with Gasteiger partial charge in [0.15, 0.2) is 23.3 Å². The second kappa shape index (κ2) is 12.8. The summed E-state index contributed by atoms with van der Waals surface area (Å²) in [5.74, 6) is -0.272. The van der Waals surface area contributed by atoms with Crippen molar-refractivity contribution in [2.75, 3.05) is 33.5 Å². The summed E-state index contributed by atoms with van der Waals surface area (Å²) < 4.78 is 20.8. The number of nitrogens with zero attached hydrogens (tertiary/aromatic N) is 2. The van der Waals surface area contributed by atoms with E-state index < -0.39 is 11.9 Å². The van der Waals surface area contributed by atoms with E-state index in [4.69, 9.17) is 18.9 Å². The number of amides is 1. The first-order valence-corrected chi connectivity index (χ1v) is 12.3. The lowest BCUT2D eigenvalue weighted by Crippen LogP contribution is -2.28. The number of carbonyl (C=O) groups excluding carboxylic acids is 3. The van der Waals surface area contributed by atoms with Gasteiger partial charge in [0.05, 0.1) is 36.5 Å². The van der Waals surface area contributed by atoms with Crippen molar-refractivity contribution in [3.63, 3.8) is 0 Å². The second-order valence-corrected chi connectivity index (χ2v) is 8.34. The molecule has 0 atom stereocenters. The molecule has 0 unspecified atom stereocenters. The fourth-order valence-electron chi connectivity index (χ4n) is 3.28. The topological polar surface area (TPSA) is 104 Å². The molecule has 2 aromatic carbocycles. The second-order valence-electron chi connectivity index (χ2n) is 7.33. The summed E-state index contributed by atoms with van der Waals surface area (Å²) in [4.78, 5) is 43.3. The van der Waals surface area contributed by atoms with Crippen LogP contribution >= 0.6 is 11.8 Å². The van der Waals surface area contributed by atoms with Crippen LogP contribution in [0.2, 0.25) is 0 Å². The minimum atomic E-state index is -0.474. The minimum Gasteiger partial charge on any atom is -0.493 e. The molecule has 0 spiro atoms. The van der Waals surface area contributed by atoms with Crippen molar-refractivity contribution in [3.05, 3.63) is 58.5 Å². The summed E-state index contributed by atoms with van der Waals surface area (Å²) in [6, 6.07) is 11.9. The van der Waals surface area contributed by atoms with Crippen LogP contribution in [-0.4, -0.2) is 61.4 Å². The Hall–Kier alpha value is -3.79. The van der Waals surface area contributed by atoms with Crippen molar-refractivity contribution in [2.45, 2.75) is 20.8 Å². The molecule has 3 rings (SSSR count). The fourth-order valence-corrected chi connectivity index (χ4v) is 4.34. The maximum absolute atomic E-state index is 13.0. The molecule has 0 aliphatic carbocycles. The summed E-state index contributed by atoms with van der Waals surface area (Å²) in [6.07, 6.45) is 1.74. The van der Waals surface area contributed by atoms with Gasteiger partial charge in [-0.3, -0.25) is 9.69 Å². The third-order valence-electron chi connectivity index (χ3n) is 4.92. The van der Waals surface area contributed by atoms with E-state index in [0.717, 1.165) is 0 Å². The summed E-state index contributed by atoms with van der Waals surface area (Å²) in [6.45, 7) is 6.09. The molecule has 0 radical (unpaired) electrons. The molecule has 0 aromatic heterocycles. The quantitative estimate of drug-likeness (QED) is 0.340.